The number of rotatable bonds is 6. The second-order valence-electron chi connectivity index (χ2n) is 6.91. The molecule has 0 aliphatic rings. The highest BCUT2D eigenvalue weighted by Crippen LogP contribution is 2.25. The fourth-order valence-electron chi connectivity index (χ4n) is 3.04. The van der Waals surface area contributed by atoms with Crippen molar-refractivity contribution in [1.82, 2.24) is 9.55 Å². The first kappa shape index (κ1) is 20.3. The summed E-state index contributed by atoms with van der Waals surface area (Å²) in [5, 5.41) is 2.96. The van der Waals surface area contributed by atoms with E-state index in [4.69, 9.17) is 4.74 Å². The number of hydrogen-bond acceptors (Lipinski definition) is 4. The van der Waals surface area contributed by atoms with E-state index >= 15 is 0 Å². The van der Waals surface area contributed by atoms with Gasteiger partial charge in [-0.1, -0.05) is 36.4 Å². The molecule has 0 radical (unpaired) electrons. The molecule has 0 saturated carbocycles. The van der Waals surface area contributed by atoms with Crippen LogP contribution in [0.25, 0.3) is 11.1 Å². The van der Waals surface area contributed by atoms with Crippen molar-refractivity contribution < 1.29 is 13.5 Å². The third kappa shape index (κ3) is 4.61. The van der Waals surface area contributed by atoms with Gasteiger partial charge in [0, 0.05) is 18.9 Å². The summed E-state index contributed by atoms with van der Waals surface area (Å²) in [6, 6.07) is 19.5. The molecule has 31 heavy (non-hydrogen) atoms. The van der Waals surface area contributed by atoms with Crippen molar-refractivity contribution in [3.05, 3.63) is 107 Å². The summed E-state index contributed by atoms with van der Waals surface area (Å²) in [6.07, 6.45) is 1.38. The largest absolute Gasteiger partial charge is 0.486 e. The van der Waals surface area contributed by atoms with E-state index < -0.39 is 5.82 Å². The van der Waals surface area contributed by atoms with Crippen LogP contribution in [-0.2, 0) is 13.7 Å². The Labute approximate surface area is 177 Å². The van der Waals surface area contributed by atoms with E-state index in [2.05, 4.69) is 10.3 Å². The number of benzene rings is 3. The van der Waals surface area contributed by atoms with Gasteiger partial charge in [-0.25, -0.2) is 13.8 Å². The first-order valence-corrected chi connectivity index (χ1v) is 9.56. The number of nitrogens with one attached hydrogen (secondary N) is 1. The molecule has 1 heterocycles. The molecule has 0 aliphatic carbocycles. The van der Waals surface area contributed by atoms with Gasteiger partial charge in [0.15, 0.2) is 11.6 Å². The van der Waals surface area contributed by atoms with E-state index in [1.54, 1.807) is 25.2 Å². The van der Waals surface area contributed by atoms with Gasteiger partial charge in [0.25, 0.3) is 5.56 Å². The third-order valence-corrected chi connectivity index (χ3v) is 4.75. The predicted molar refractivity (Wildman–Crippen MR) is 115 cm³/mol. The summed E-state index contributed by atoms with van der Waals surface area (Å²) in [7, 11) is 1.55. The molecule has 0 spiro atoms. The lowest BCUT2D eigenvalue weighted by Crippen LogP contribution is -2.22. The Bertz CT molecular complexity index is 1260. The van der Waals surface area contributed by atoms with Gasteiger partial charge in [-0.2, -0.15) is 0 Å². The minimum absolute atomic E-state index is 0.104. The lowest BCUT2D eigenvalue weighted by Gasteiger charge is -2.12. The number of nitrogens with zero attached hydrogens (tertiary/aromatic N) is 2. The molecule has 5 nitrogen and oxygen atoms in total. The Hall–Kier alpha value is -4.00. The number of halogens is 2. The maximum Gasteiger partial charge on any atom is 0.262 e. The van der Waals surface area contributed by atoms with Crippen LogP contribution in [0.2, 0.25) is 0 Å². The van der Waals surface area contributed by atoms with Crippen molar-refractivity contribution in [2.75, 3.05) is 5.32 Å². The van der Waals surface area contributed by atoms with E-state index in [0.29, 0.717) is 11.3 Å². The molecule has 1 aromatic heterocycles. The molecule has 3 aromatic carbocycles. The fourth-order valence-corrected chi connectivity index (χ4v) is 3.04. The SMILES string of the molecule is Cn1c(Nc2ccc(F)cc2)ncc(-c2ccc(OCc3ccccc3)c(F)c2)c1=O. The van der Waals surface area contributed by atoms with Crippen molar-refractivity contribution in [1.29, 1.82) is 0 Å². The zero-order valence-electron chi connectivity index (χ0n) is 16.7. The van der Waals surface area contributed by atoms with Crippen LogP contribution in [0.4, 0.5) is 20.4 Å². The number of ether oxygens (including phenoxy) is 1. The lowest BCUT2D eigenvalue weighted by molar-refractivity contribution is 0.290. The van der Waals surface area contributed by atoms with Crippen molar-refractivity contribution in [3.8, 4) is 16.9 Å². The lowest BCUT2D eigenvalue weighted by atomic mass is 10.1. The van der Waals surface area contributed by atoms with Crippen LogP contribution in [0.15, 0.2) is 83.8 Å². The molecule has 0 saturated heterocycles. The summed E-state index contributed by atoms with van der Waals surface area (Å²) in [5.74, 6) is -0.541. The van der Waals surface area contributed by atoms with Gasteiger partial charge >= 0.3 is 0 Å². The Morgan fingerprint density at radius 3 is 2.45 bits per heavy atom. The summed E-state index contributed by atoms with van der Waals surface area (Å²) in [6.45, 7) is 0.240. The first-order chi connectivity index (χ1) is 15.0. The van der Waals surface area contributed by atoms with Crippen LogP contribution in [0.1, 0.15) is 5.56 Å². The Morgan fingerprint density at radius 1 is 1.00 bits per heavy atom. The van der Waals surface area contributed by atoms with Crippen LogP contribution in [0, 0.1) is 11.6 Å². The molecule has 0 amide bonds. The normalized spacial score (nSPS) is 10.7. The molecular weight excluding hydrogens is 400 g/mol. The maximum atomic E-state index is 14.6. The van der Waals surface area contributed by atoms with Crippen molar-refractivity contribution >= 4 is 11.6 Å². The zero-order chi connectivity index (χ0) is 21.8. The van der Waals surface area contributed by atoms with Gasteiger partial charge in [0.05, 0.1) is 5.56 Å². The number of aromatic nitrogens is 2. The van der Waals surface area contributed by atoms with Gasteiger partial charge in [0.2, 0.25) is 5.95 Å². The van der Waals surface area contributed by atoms with Gasteiger partial charge in [0.1, 0.15) is 12.4 Å². The molecule has 0 aliphatic heterocycles. The van der Waals surface area contributed by atoms with E-state index in [0.717, 1.165) is 5.56 Å². The fraction of sp³-hybridized carbons (Fsp3) is 0.0833. The van der Waals surface area contributed by atoms with Crippen LogP contribution in [-0.4, -0.2) is 9.55 Å². The first-order valence-electron chi connectivity index (χ1n) is 9.56. The molecule has 4 aromatic rings. The van der Waals surface area contributed by atoms with E-state index in [1.165, 1.54) is 35.0 Å². The van der Waals surface area contributed by atoms with Crippen LogP contribution >= 0.6 is 0 Å². The van der Waals surface area contributed by atoms with Crippen LogP contribution < -0.4 is 15.6 Å². The quantitative estimate of drug-likeness (QED) is 0.475. The molecule has 1 N–H and O–H groups in total. The molecule has 0 bridgehead atoms. The zero-order valence-corrected chi connectivity index (χ0v) is 16.7. The second-order valence-corrected chi connectivity index (χ2v) is 6.91. The average molecular weight is 419 g/mol. The van der Waals surface area contributed by atoms with E-state index in [9.17, 15) is 13.6 Å². The number of anilines is 2. The van der Waals surface area contributed by atoms with E-state index in [1.807, 2.05) is 30.3 Å². The average Bonchev–Trinajstić information content (AvgIpc) is 2.78. The highest BCUT2D eigenvalue weighted by Gasteiger charge is 2.13. The highest BCUT2D eigenvalue weighted by molar-refractivity contribution is 5.64. The maximum absolute atomic E-state index is 14.6. The molecule has 156 valence electrons. The van der Waals surface area contributed by atoms with Crippen LogP contribution in [0.5, 0.6) is 5.75 Å². The third-order valence-electron chi connectivity index (χ3n) is 4.75. The van der Waals surface area contributed by atoms with Crippen molar-refractivity contribution in [3.63, 3.8) is 0 Å². The monoisotopic (exact) mass is 419 g/mol. The summed E-state index contributed by atoms with van der Waals surface area (Å²) in [4.78, 5) is 17.1. The van der Waals surface area contributed by atoms with Crippen LogP contribution in [0.3, 0.4) is 0 Å². The summed E-state index contributed by atoms with van der Waals surface area (Å²) >= 11 is 0. The van der Waals surface area contributed by atoms with Gasteiger partial charge in [-0.3, -0.25) is 9.36 Å². The minimum atomic E-state index is -0.566. The smallest absolute Gasteiger partial charge is 0.262 e. The van der Waals surface area contributed by atoms with Crippen molar-refractivity contribution in [2.24, 2.45) is 7.05 Å². The predicted octanol–water partition coefficient (Wildman–Crippen LogP) is 5.05. The van der Waals surface area contributed by atoms with Gasteiger partial charge in [-0.05, 0) is 47.5 Å². The van der Waals surface area contributed by atoms with Gasteiger partial charge < -0.3 is 10.1 Å². The molecule has 0 atom stereocenters. The molecular formula is C24H19F2N3O2. The Morgan fingerprint density at radius 2 is 1.74 bits per heavy atom. The Balaban J connectivity index is 1.55. The summed E-state index contributed by atoms with van der Waals surface area (Å²) in [5.41, 5.74) is 1.81. The Kier molecular flexibility index (Phi) is 5.75. The minimum Gasteiger partial charge on any atom is -0.486 e. The number of hydrogen-bond donors (Lipinski definition) is 1. The second kappa shape index (κ2) is 8.79. The molecule has 7 heteroatoms. The van der Waals surface area contributed by atoms with Gasteiger partial charge in [-0.15, -0.1) is 0 Å². The van der Waals surface area contributed by atoms with Crippen molar-refractivity contribution in [2.45, 2.75) is 6.61 Å². The topological polar surface area (TPSA) is 56.1 Å². The summed E-state index contributed by atoms with van der Waals surface area (Å²) < 4.78 is 34.5. The van der Waals surface area contributed by atoms with E-state index in [-0.39, 0.29) is 35.2 Å². The molecule has 0 fully saturated rings. The molecule has 0 unspecified atom stereocenters. The highest BCUT2D eigenvalue weighted by atomic mass is 19.1. The molecule has 4 rings (SSSR count). The standard InChI is InChI=1S/C24H19F2N3O2/c1-29-23(30)20(14-27-24(29)28-19-10-8-18(25)9-11-19)17-7-12-22(21(26)13-17)31-15-16-5-3-2-4-6-16/h2-14H,15H2,1H3,(H,27,28).